The van der Waals surface area contributed by atoms with Gasteiger partial charge in [-0.15, -0.1) is 5.11 Å². The van der Waals surface area contributed by atoms with Crippen LogP contribution < -0.4 is 5.32 Å². The number of hydrogen-bond acceptors (Lipinski definition) is 3. The standard InChI is InChI=1S/C16H14N4O2/c1-10-7-8-13-12(9-10)14(15(21)18-13)19-20-16(22)17-11-5-3-2-4-6-11/h2-9,18,21H,1H3,(H,17,22). The van der Waals surface area contributed by atoms with Crippen molar-refractivity contribution in [2.24, 2.45) is 10.2 Å². The number of rotatable bonds is 2. The Hall–Kier alpha value is -3.15. The number of nitrogens with one attached hydrogen (secondary N) is 2. The van der Waals surface area contributed by atoms with Crippen molar-refractivity contribution in [3.8, 4) is 5.88 Å². The van der Waals surface area contributed by atoms with Gasteiger partial charge in [-0.1, -0.05) is 34.9 Å². The second-order valence-electron chi connectivity index (χ2n) is 4.87. The highest BCUT2D eigenvalue weighted by Crippen LogP contribution is 2.35. The lowest BCUT2D eigenvalue weighted by Gasteiger charge is -1.99. The average Bonchev–Trinajstić information content (AvgIpc) is 2.81. The van der Waals surface area contributed by atoms with E-state index >= 15 is 0 Å². The molecule has 1 aromatic heterocycles. The number of aromatic amines is 1. The monoisotopic (exact) mass is 294 g/mol. The molecule has 0 saturated carbocycles. The number of anilines is 1. The van der Waals surface area contributed by atoms with Gasteiger partial charge in [0.25, 0.3) is 0 Å². The fourth-order valence-corrected chi connectivity index (χ4v) is 2.14. The molecular formula is C16H14N4O2. The molecule has 0 aliphatic carbocycles. The van der Waals surface area contributed by atoms with Crippen molar-refractivity contribution in [3.05, 3.63) is 54.1 Å². The lowest BCUT2D eigenvalue weighted by Crippen LogP contribution is -2.04. The Morgan fingerprint density at radius 2 is 1.95 bits per heavy atom. The number of aromatic nitrogens is 1. The zero-order valence-electron chi connectivity index (χ0n) is 11.9. The number of H-pyrrole nitrogens is 1. The second-order valence-corrected chi connectivity index (χ2v) is 4.87. The molecule has 0 bridgehead atoms. The molecule has 110 valence electrons. The highest BCUT2D eigenvalue weighted by atomic mass is 16.3. The molecule has 0 aliphatic heterocycles. The van der Waals surface area contributed by atoms with E-state index in [2.05, 4.69) is 20.5 Å². The number of carbonyl (C=O) groups is 1. The van der Waals surface area contributed by atoms with Gasteiger partial charge in [0.15, 0.2) is 5.69 Å². The molecule has 6 heteroatoms. The van der Waals surface area contributed by atoms with Crippen LogP contribution in [0.5, 0.6) is 5.88 Å². The average molecular weight is 294 g/mol. The summed E-state index contributed by atoms with van der Waals surface area (Å²) in [5, 5.41) is 20.7. The molecule has 6 nitrogen and oxygen atoms in total. The topological polar surface area (TPSA) is 89.8 Å². The summed E-state index contributed by atoms with van der Waals surface area (Å²) in [4.78, 5) is 14.6. The van der Waals surface area contributed by atoms with E-state index in [0.29, 0.717) is 11.1 Å². The number of amides is 2. The summed E-state index contributed by atoms with van der Waals surface area (Å²) in [6.45, 7) is 1.94. The van der Waals surface area contributed by atoms with Crippen molar-refractivity contribution in [2.45, 2.75) is 6.92 Å². The first-order valence-electron chi connectivity index (χ1n) is 6.72. The zero-order valence-corrected chi connectivity index (χ0v) is 11.9. The molecule has 3 N–H and O–H groups in total. The number of fused-ring (bicyclic) bond motifs is 1. The lowest BCUT2D eigenvalue weighted by molar-refractivity contribution is 0.258. The highest BCUT2D eigenvalue weighted by molar-refractivity contribution is 5.95. The molecule has 3 rings (SSSR count). The van der Waals surface area contributed by atoms with Crippen molar-refractivity contribution >= 4 is 28.3 Å². The molecule has 2 amide bonds. The lowest BCUT2D eigenvalue weighted by atomic mass is 10.2. The maximum absolute atomic E-state index is 11.8. The van der Waals surface area contributed by atoms with E-state index in [1.807, 2.05) is 31.2 Å². The minimum atomic E-state index is -0.604. The van der Waals surface area contributed by atoms with E-state index in [4.69, 9.17) is 0 Å². The Morgan fingerprint density at radius 3 is 2.73 bits per heavy atom. The molecule has 0 radical (unpaired) electrons. The van der Waals surface area contributed by atoms with Crippen LogP contribution in [-0.2, 0) is 0 Å². The summed E-state index contributed by atoms with van der Waals surface area (Å²) in [5.74, 6) is -0.114. The van der Waals surface area contributed by atoms with Crippen LogP contribution in [0, 0.1) is 6.92 Å². The predicted molar refractivity (Wildman–Crippen MR) is 84.7 cm³/mol. The molecule has 0 spiro atoms. The summed E-state index contributed by atoms with van der Waals surface area (Å²) in [6, 6.07) is 14.0. The number of azo groups is 1. The highest BCUT2D eigenvalue weighted by Gasteiger charge is 2.11. The van der Waals surface area contributed by atoms with Crippen LogP contribution >= 0.6 is 0 Å². The molecule has 0 atom stereocenters. The van der Waals surface area contributed by atoms with Gasteiger partial charge in [0.1, 0.15) is 0 Å². The largest absolute Gasteiger partial charge is 0.493 e. The SMILES string of the molecule is Cc1ccc2[nH]c(O)c(N=NC(=O)Nc3ccccc3)c2c1. The Balaban J connectivity index is 1.85. The van der Waals surface area contributed by atoms with Crippen molar-refractivity contribution in [1.29, 1.82) is 0 Å². The van der Waals surface area contributed by atoms with Crippen LogP contribution in [0.15, 0.2) is 58.8 Å². The maximum Gasteiger partial charge on any atom is 0.364 e. The molecule has 0 fully saturated rings. The zero-order chi connectivity index (χ0) is 15.5. The van der Waals surface area contributed by atoms with Crippen molar-refractivity contribution in [3.63, 3.8) is 0 Å². The normalized spacial score (nSPS) is 11.1. The van der Waals surface area contributed by atoms with Gasteiger partial charge in [-0.3, -0.25) is 0 Å². The Labute approximate surface area is 126 Å². The minimum Gasteiger partial charge on any atom is -0.493 e. The molecule has 2 aromatic carbocycles. The Morgan fingerprint density at radius 1 is 1.18 bits per heavy atom. The number of para-hydroxylation sites is 1. The third-order valence-electron chi connectivity index (χ3n) is 3.17. The van der Waals surface area contributed by atoms with Crippen LogP contribution in [-0.4, -0.2) is 16.1 Å². The minimum absolute atomic E-state index is 0.114. The molecule has 0 saturated heterocycles. The second kappa shape index (κ2) is 5.69. The molecular weight excluding hydrogens is 280 g/mol. The molecule has 1 heterocycles. The van der Waals surface area contributed by atoms with Gasteiger partial charge < -0.3 is 15.4 Å². The first-order chi connectivity index (χ1) is 10.6. The molecule has 0 aliphatic rings. The van der Waals surface area contributed by atoms with Gasteiger partial charge in [-0.25, -0.2) is 4.79 Å². The van der Waals surface area contributed by atoms with E-state index < -0.39 is 6.03 Å². The third-order valence-corrected chi connectivity index (χ3v) is 3.17. The van der Waals surface area contributed by atoms with Gasteiger partial charge in [0.2, 0.25) is 5.88 Å². The third kappa shape index (κ3) is 2.80. The summed E-state index contributed by atoms with van der Waals surface area (Å²) in [6.07, 6.45) is 0. The summed E-state index contributed by atoms with van der Waals surface area (Å²) in [7, 11) is 0. The molecule has 3 aromatic rings. The fraction of sp³-hybridized carbons (Fsp3) is 0.0625. The van der Waals surface area contributed by atoms with Crippen molar-refractivity contribution in [1.82, 2.24) is 4.98 Å². The number of aryl methyl sites for hydroxylation is 1. The number of aromatic hydroxyl groups is 1. The van der Waals surface area contributed by atoms with Crippen LogP contribution in [0.25, 0.3) is 10.9 Å². The number of urea groups is 1. The Kier molecular flexibility index (Phi) is 3.57. The van der Waals surface area contributed by atoms with Gasteiger partial charge >= 0.3 is 6.03 Å². The summed E-state index contributed by atoms with van der Waals surface area (Å²) < 4.78 is 0. The van der Waals surface area contributed by atoms with E-state index in [-0.39, 0.29) is 11.6 Å². The molecule has 0 unspecified atom stereocenters. The molecule has 22 heavy (non-hydrogen) atoms. The van der Waals surface area contributed by atoms with Crippen LogP contribution in [0.3, 0.4) is 0 Å². The Bertz CT molecular complexity index is 853. The van der Waals surface area contributed by atoms with Gasteiger partial charge in [0, 0.05) is 11.1 Å². The van der Waals surface area contributed by atoms with E-state index in [1.165, 1.54) is 0 Å². The number of hydrogen-bond donors (Lipinski definition) is 3. The number of carbonyl (C=O) groups excluding carboxylic acids is 1. The van der Waals surface area contributed by atoms with Gasteiger partial charge in [-0.2, -0.15) is 0 Å². The number of benzene rings is 2. The quantitative estimate of drug-likeness (QED) is 0.607. The predicted octanol–water partition coefficient (Wildman–Crippen LogP) is 4.50. The van der Waals surface area contributed by atoms with E-state index in [9.17, 15) is 9.90 Å². The smallest absolute Gasteiger partial charge is 0.364 e. The van der Waals surface area contributed by atoms with Crippen LogP contribution in [0.2, 0.25) is 0 Å². The van der Waals surface area contributed by atoms with Crippen LogP contribution in [0.1, 0.15) is 5.56 Å². The summed E-state index contributed by atoms with van der Waals surface area (Å²) in [5.41, 5.74) is 2.64. The van der Waals surface area contributed by atoms with Gasteiger partial charge in [0.05, 0.1) is 5.52 Å². The van der Waals surface area contributed by atoms with Gasteiger partial charge in [-0.05, 0) is 31.2 Å². The van der Waals surface area contributed by atoms with E-state index in [0.717, 1.165) is 11.1 Å². The fourth-order valence-electron chi connectivity index (χ4n) is 2.14. The van der Waals surface area contributed by atoms with Crippen molar-refractivity contribution in [2.75, 3.05) is 5.32 Å². The summed E-state index contributed by atoms with van der Waals surface area (Å²) >= 11 is 0. The first kappa shape index (κ1) is 13.8. The van der Waals surface area contributed by atoms with E-state index in [1.54, 1.807) is 24.3 Å². The van der Waals surface area contributed by atoms with Crippen molar-refractivity contribution < 1.29 is 9.90 Å². The van der Waals surface area contributed by atoms with Crippen LogP contribution in [0.4, 0.5) is 16.2 Å². The number of nitrogens with zero attached hydrogens (tertiary/aromatic N) is 2. The maximum atomic E-state index is 11.8. The first-order valence-corrected chi connectivity index (χ1v) is 6.72.